The van der Waals surface area contributed by atoms with Gasteiger partial charge in [0.1, 0.15) is 5.76 Å². The molecule has 6 heteroatoms. The van der Waals surface area contributed by atoms with Crippen LogP contribution in [0.1, 0.15) is 50.0 Å². The molecule has 2 aromatic rings. The molecule has 146 valence electrons. The number of amides is 1. The van der Waals surface area contributed by atoms with Gasteiger partial charge < -0.3 is 9.32 Å². The van der Waals surface area contributed by atoms with E-state index >= 15 is 0 Å². The monoisotopic (exact) mass is 387 g/mol. The third-order valence-electron chi connectivity index (χ3n) is 5.83. The summed E-state index contributed by atoms with van der Waals surface area (Å²) in [4.78, 5) is 22.7. The predicted octanol–water partition coefficient (Wildman–Crippen LogP) is 4.33. The van der Waals surface area contributed by atoms with Gasteiger partial charge in [-0.2, -0.15) is 0 Å². The molecule has 2 aromatic heterocycles. The summed E-state index contributed by atoms with van der Waals surface area (Å²) < 4.78 is 5.89. The fourth-order valence-corrected chi connectivity index (χ4v) is 4.92. The van der Waals surface area contributed by atoms with Crippen LogP contribution >= 0.6 is 11.3 Å². The second kappa shape index (κ2) is 8.57. The number of oxazole rings is 1. The highest BCUT2D eigenvalue weighted by Gasteiger charge is 2.24. The molecule has 0 aromatic carbocycles. The van der Waals surface area contributed by atoms with E-state index in [1.807, 2.05) is 29.3 Å². The Labute approximate surface area is 165 Å². The van der Waals surface area contributed by atoms with Crippen LogP contribution in [0.25, 0.3) is 10.8 Å². The fraction of sp³-hybridized carbons (Fsp3) is 0.619. The molecule has 0 bridgehead atoms. The molecule has 0 spiro atoms. The maximum absolute atomic E-state index is 12.3. The van der Waals surface area contributed by atoms with E-state index in [2.05, 4.69) is 4.90 Å². The van der Waals surface area contributed by atoms with Crippen molar-refractivity contribution in [2.75, 3.05) is 26.2 Å². The van der Waals surface area contributed by atoms with Crippen molar-refractivity contribution < 1.29 is 9.21 Å². The van der Waals surface area contributed by atoms with Gasteiger partial charge in [0, 0.05) is 32.6 Å². The Balaban J connectivity index is 1.30. The molecule has 0 saturated carbocycles. The molecule has 27 heavy (non-hydrogen) atoms. The summed E-state index contributed by atoms with van der Waals surface area (Å²) in [5.74, 6) is 2.64. The van der Waals surface area contributed by atoms with Crippen LogP contribution in [0.15, 0.2) is 21.9 Å². The predicted molar refractivity (Wildman–Crippen MR) is 108 cm³/mol. The quantitative estimate of drug-likeness (QED) is 0.740. The first-order valence-electron chi connectivity index (χ1n) is 10.2. The Bertz CT molecular complexity index is 750. The summed E-state index contributed by atoms with van der Waals surface area (Å²) in [6.07, 6.45) is 6.52. The summed E-state index contributed by atoms with van der Waals surface area (Å²) in [6.45, 7) is 6.96. The van der Waals surface area contributed by atoms with E-state index in [1.54, 1.807) is 11.3 Å². The molecule has 1 unspecified atom stereocenters. The summed E-state index contributed by atoms with van der Waals surface area (Å²) in [5, 5.41) is 2.05. The van der Waals surface area contributed by atoms with E-state index in [4.69, 9.17) is 9.40 Å². The maximum Gasteiger partial charge on any atom is 0.236 e. The van der Waals surface area contributed by atoms with E-state index in [0.717, 1.165) is 61.4 Å². The highest BCUT2D eigenvalue weighted by Crippen LogP contribution is 2.28. The Kier molecular flexibility index (Phi) is 5.93. The number of aromatic nitrogens is 1. The number of hydrogen-bond acceptors (Lipinski definition) is 5. The van der Waals surface area contributed by atoms with Crippen molar-refractivity contribution in [3.05, 3.63) is 29.0 Å². The van der Waals surface area contributed by atoms with Crippen LogP contribution in [-0.2, 0) is 11.3 Å². The molecule has 2 saturated heterocycles. The molecule has 2 aliphatic heterocycles. The lowest BCUT2D eigenvalue weighted by Gasteiger charge is -2.32. The standard InChI is InChI=1S/C21H29N3O2S/c1-16-18(22-21(26-16)19-7-5-13-27-19)15-23-10-4-6-17(14-23)8-9-20(25)24-11-2-3-12-24/h5,7,13,17H,2-4,6,8-12,14-15H2,1H3. The fourth-order valence-electron chi connectivity index (χ4n) is 4.27. The van der Waals surface area contributed by atoms with Gasteiger partial charge in [-0.1, -0.05) is 6.07 Å². The first-order valence-corrected chi connectivity index (χ1v) is 11.1. The normalized spacial score (nSPS) is 21.1. The van der Waals surface area contributed by atoms with Crippen LogP contribution in [0.5, 0.6) is 0 Å². The number of rotatable bonds is 6. The average molecular weight is 388 g/mol. The van der Waals surface area contributed by atoms with Crippen molar-refractivity contribution in [2.24, 2.45) is 5.92 Å². The van der Waals surface area contributed by atoms with E-state index in [-0.39, 0.29) is 0 Å². The van der Waals surface area contributed by atoms with Gasteiger partial charge in [-0.05, 0) is 62.9 Å². The van der Waals surface area contributed by atoms with Gasteiger partial charge in [0.15, 0.2) is 0 Å². The number of carbonyl (C=O) groups excluding carboxylic acids is 1. The molecule has 0 aliphatic carbocycles. The summed E-state index contributed by atoms with van der Waals surface area (Å²) in [5.41, 5.74) is 1.05. The first-order chi connectivity index (χ1) is 13.2. The van der Waals surface area contributed by atoms with E-state index in [9.17, 15) is 4.79 Å². The largest absolute Gasteiger partial charge is 0.440 e. The topological polar surface area (TPSA) is 49.6 Å². The number of likely N-dealkylation sites (tertiary alicyclic amines) is 2. The average Bonchev–Trinajstić information content (AvgIpc) is 3.43. The Morgan fingerprint density at radius 2 is 2.15 bits per heavy atom. The second-order valence-electron chi connectivity index (χ2n) is 7.87. The zero-order valence-corrected chi connectivity index (χ0v) is 17.0. The molecule has 2 aliphatic rings. The molecular formula is C21H29N3O2S. The lowest BCUT2D eigenvalue weighted by atomic mass is 9.93. The molecule has 2 fully saturated rings. The summed E-state index contributed by atoms with van der Waals surface area (Å²) in [6, 6.07) is 4.08. The van der Waals surface area contributed by atoms with E-state index in [0.29, 0.717) is 18.2 Å². The molecular weight excluding hydrogens is 358 g/mol. The number of piperidine rings is 1. The van der Waals surface area contributed by atoms with Crippen LogP contribution in [0, 0.1) is 12.8 Å². The van der Waals surface area contributed by atoms with Crippen LogP contribution in [-0.4, -0.2) is 46.9 Å². The summed E-state index contributed by atoms with van der Waals surface area (Å²) >= 11 is 1.66. The van der Waals surface area contributed by atoms with Crippen LogP contribution in [0.2, 0.25) is 0 Å². The second-order valence-corrected chi connectivity index (χ2v) is 8.82. The summed E-state index contributed by atoms with van der Waals surface area (Å²) in [7, 11) is 0. The number of nitrogens with zero attached hydrogens (tertiary/aromatic N) is 3. The van der Waals surface area contributed by atoms with Crippen LogP contribution < -0.4 is 0 Å². The molecule has 4 rings (SSSR count). The van der Waals surface area contributed by atoms with Crippen LogP contribution in [0.4, 0.5) is 0 Å². The van der Waals surface area contributed by atoms with Crippen molar-refractivity contribution in [3.63, 3.8) is 0 Å². The highest BCUT2D eigenvalue weighted by atomic mass is 32.1. The maximum atomic E-state index is 12.3. The van der Waals surface area contributed by atoms with Gasteiger partial charge in [-0.3, -0.25) is 9.69 Å². The molecule has 1 atom stereocenters. The number of hydrogen-bond donors (Lipinski definition) is 0. The third-order valence-corrected chi connectivity index (χ3v) is 6.68. The number of thiophene rings is 1. The van der Waals surface area contributed by atoms with Crippen molar-refractivity contribution in [1.82, 2.24) is 14.8 Å². The first kappa shape index (κ1) is 18.7. The van der Waals surface area contributed by atoms with Crippen molar-refractivity contribution in [2.45, 2.75) is 52.0 Å². The third kappa shape index (κ3) is 4.61. The van der Waals surface area contributed by atoms with Crippen molar-refractivity contribution in [1.29, 1.82) is 0 Å². The van der Waals surface area contributed by atoms with Gasteiger partial charge in [-0.25, -0.2) is 4.98 Å². The lowest BCUT2D eigenvalue weighted by molar-refractivity contribution is -0.130. The minimum Gasteiger partial charge on any atom is -0.440 e. The van der Waals surface area contributed by atoms with Gasteiger partial charge in [-0.15, -0.1) is 11.3 Å². The van der Waals surface area contributed by atoms with Crippen molar-refractivity contribution >= 4 is 17.2 Å². The Morgan fingerprint density at radius 3 is 2.93 bits per heavy atom. The zero-order chi connectivity index (χ0) is 18.6. The van der Waals surface area contributed by atoms with Gasteiger partial charge in [0.05, 0.1) is 10.6 Å². The minimum atomic E-state index is 0.359. The molecule has 1 amide bonds. The number of aryl methyl sites for hydroxylation is 1. The van der Waals surface area contributed by atoms with Gasteiger partial charge in [0.25, 0.3) is 0 Å². The molecule has 4 heterocycles. The smallest absolute Gasteiger partial charge is 0.236 e. The Hall–Kier alpha value is -1.66. The number of carbonyl (C=O) groups is 1. The molecule has 0 radical (unpaired) electrons. The molecule has 5 nitrogen and oxygen atoms in total. The van der Waals surface area contributed by atoms with Gasteiger partial charge >= 0.3 is 0 Å². The highest BCUT2D eigenvalue weighted by molar-refractivity contribution is 7.13. The van der Waals surface area contributed by atoms with E-state index < -0.39 is 0 Å². The lowest BCUT2D eigenvalue weighted by Crippen LogP contribution is -2.36. The van der Waals surface area contributed by atoms with Gasteiger partial charge in [0.2, 0.25) is 11.8 Å². The SMILES string of the molecule is Cc1oc(-c2cccs2)nc1CN1CCCC(CCC(=O)N2CCCC2)C1. The Morgan fingerprint density at radius 1 is 1.30 bits per heavy atom. The zero-order valence-electron chi connectivity index (χ0n) is 16.2. The molecule has 0 N–H and O–H groups in total. The van der Waals surface area contributed by atoms with E-state index in [1.165, 1.54) is 25.7 Å². The minimum absolute atomic E-state index is 0.359. The van der Waals surface area contributed by atoms with Crippen LogP contribution in [0.3, 0.4) is 0 Å². The van der Waals surface area contributed by atoms with Crippen molar-refractivity contribution in [3.8, 4) is 10.8 Å².